The van der Waals surface area contributed by atoms with E-state index in [9.17, 15) is 14.7 Å². The quantitative estimate of drug-likeness (QED) is 0.332. The Kier molecular flexibility index (Phi) is 6.16. The van der Waals surface area contributed by atoms with Crippen LogP contribution in [0.4, 0.5) is 0 Å². The van der Waals surface area contributed by atoms with Crippen molar-refractivity contribution in [3.63, 3.8) is 0 Å². The van der Waals surface area contributed by atoms with Gasteiger partial charge in [-0.2, -0.15) is 0 Å². The number of likely N-dealkylation sites (tertiary alicyclic amines) is 1. The summed E-state index contributed by atoms with van der Waals surface area (Å²) in [6.45, 7) is 2.72. The van der Waals surface area contributed by atoms with Gasteiger partial charge in [0, 0.05) is 30.7 Å². The first-order chi connectivity index (χ1) is 13.5. The molecule has 0 saturated carbocycles. The first-order valence-corrected chi connectivity index (χ1v) is 9.83. The first-order valence-electron chi connectivity index (χ1n) is 8.95. The van der Waals surface area contributed by atoms with Crippen molar-refractivity contribution in [2.24, 2.45) is 0 Å². The van der Waals surface area contributed by atoms with E-state index in [4.69, 9.17) is 9.47 Å². The number of amides is 1. The third-order valence-corrected chi connectivity index (χ3v) is 5.69. The molecule has 0 spiro atoms. The summed E-state index contributed by atoms with van der Waals surface area (Å²) in [6, 6.07) is 8.31. The molecule has 2 heterocycles. The number of thiophene rings is 1. The second-order valence-corrected chi connectivity index (χ2v) is 7.52. The standard InChI is InChI=1S/C21H23NO5S/c1-13-12-14(7-8-15(13)27-3)19(23)17-18(16-6-4-11-28-16)22(9-5-10-26-2)21(25)20(17)24/h4,6-8,11-12,18,23H,5,9-10H2,1-3H3/b19-17+. The molecule has 6 nitrogen and oxygen atoms in total. The van der Waals surface area contributed by atoms with Gasteiger partial charge >= 0.3 is 0 Å². The fraction of sp³-hybridized carbons (Fsp3) is 0.333. The highest BCUT2D eigenvalue weighted by atomic mass is 32.1. The molecule has 1 aliphatic rings. The maximum absolute atomic E-state index is 12.8. The van der Waals surface area contributed by atoms with Gasteiger partial charge in [-0.1, -0.05) is 6.07 Å². The Balaban J connectivity index is 2.08. The lowest BCUT2D eigenvalue weighted by molar-refractivity contribution is -0.140. The molecule has 1 fully saturated rings. The van der Waals surface area contributed by atoms with Crippen LogP contribution in [-0.2, 0) is 14.3 Å². The SMILES string of the molecule is COCCCN1C(=O)C(=O)/C(=C(/O)c2ccc(OC)c(C)c2)C1c1cccs1. The van der Waals surface area contributed by atoms with E-state index in [1.165, 1.54) is 16.2 Å². The van der Waals surface area contributed by atoms with Gasteiger partial charge in [-0.15, -0.1) is 11.3 Å². The van der Waals surface area contributed by atoms with Crippen LogP contribution in [0.5, 0.6) is 5.75 Å². The van der Waals surface area contributed by atoms with Crippen LogP contribution in [0.3, 0.4) is 0 Å². The number of nitrogens with zero attached hydrogens (tertiary/aromatic N) is 1. The Morgan fingerprint density at radius 3 is 2.64 bits per heavy atom. The molecule has 1 N–H and O–H groups in total. The summed E-state index contributed by atoms with van der Waals surface area (Å²) in [5.74, 6) is -0.744. The molecule has 148 valence electrons. The minimum absolute atomic E-state index is 0.120. The summed E-state index contributed by atoms with van der Waals surface area (Å²) < 4.78 is 10.3. The van der Waals surface area contributed by atoms with Crippen LogP contribution >= 0.6 is 11.3 Å². The number of aliphatic hydroxyl groups is 1. The van der Waals surface area contributed by atoms with Crippen LogP contribution in [-0.4, -0.2) is 49.1 Å². The highest BCUT2D eigenvalue weighted by Gasteiger charge is 2.46. The average Bonchev–Trinajstić information content (AvgIpc) is 3.30. The number of aryl methyl sites for hydroxylation is 1. The number of Topliss-reactive ketones (excluding diaryl/α,β-unsaturated/α-hetero) is 1. The van der Waals surface area contributed by atoms with E-state index in [-0.39, 0.29) is 11.3 Å². The Hall–Kier alpha value is -2.64. The molecular formula is C21H23NO5S. The minimum Gasteiger partial charge on any atom is -0.507 e. The van der Waals surface area contributed by atoms with Crippen molar-refractivity contribution in [1.82, 2.24) is 4.90 Å². The van der Waals surface area contributed by atoms with Gasteiger partial charge in [-0.3, -0.25) is 9.59 Å². The van der Waals surface area contributed by atoms with Crippen LogP contribution in [0.2, 0.25) is 0 Å². The maximum Gasteiger partial charge on any atom is 0.295 e. The van der Waals surface area contributed by atoms with Crippen LogP contribution in [0.1, 0.15) is 28.5 Å². The number of hydrogen-bond acceptors (Lipinski definition) is 6. The number of hydrogen-bond donors (Lipinski definition) is 1. The normalized spacial score (nSPS) is 18.7. The van der Waals surface area contributed by atoms with E-state index < -0.39 is 17.7 Å². The number of carbonyl (C=O) groups is 2. The summed E-state index contributed by atoms with van der Waals surface area (Å²) in [5.41, 5.74) is 1.43. The first kappa shape index (κ1) is 20.1. The number of rotatable bonds is 7. The number of ketones is 1. The molecule has 1 saturated heterocycles. The van der Waals surface area contributed by atoms with Crippen LogP contribution in [0.15, 0.2) is 41.3 Å². The van der Waals surface area contributed by atoms with E-state index in [1.54, 1.807) is 32.4 Å². The van der Waals surface area contributed by atoms with Crippen molar-refractivity contribution in [1.29, 1.82) is 0 Å². The zero-order valence-electron chi connectivity index (χ0n) is 16.1. The van der Waals surface area contributed by atoms with Gasteiger partial charge in [0.25, 0.3) is 11.7 Å². The Labute approximate surface area is 168 Å². The van der Waals surface area contributed by atoms with Crippen LogP contribution in [0.25, 0.3) is 5.76 Å². The number of carbonyl (C=O) groups excluding carboxylic acids is 2. The third kappa shape index (κ3) is 3.68. The van der Waals surface area contributed by atoms with E-state index in [0.29, 0.717) is 30.9 Å². The minimum atomic E-state index is -0.665. The van der Waals surface area contributed by atoms with E-state index in [1.807, 2.05) is 24.4 Å². The fourth-order valence-corrected chi connectivity index (χ4v) is 4.26. The molecule has 2 aromatic rings. The largest absolute Gasteiger partial charge is 0.507 e. The number of benzene rings is 1. The lowest BCUT2D eigenvalue weighted by Gasteiger charge is -2.24. The molecule has 28 heavy (non-hydrogen) atoms. The molecule has 1 amide bonds. The molecule has 3 rings (SSSR count). The number of aliphatic hydroxyl groups excluding tert-OH is 1. The van der Waals surface area contributed by atoms with Gasteiger partial charge in [0.15, 0.2) is 0 Å². The molecule has 1 aliphatic heterocycles. The molecule has 0 bridgehead atoms. The topological polar surface area (TPSA) is 76.1 Å². The molecular weight excluding hydrogens is 378 g/mol. The van der Waals surface area contributed by atoms with Gasteiger partial charge in [-0.25, -0.2) is 0 Å². The summed E-state index contributed by atoms with van der Waals surface area (Å²) in [4.78, 5) is 27.9. The summed E-state index contributed by atoms with van der Waals surface area (Å²) in [5, 5.41) is 12.9. The van der Waals surface area contributed by atoms with Gasteiger partial charge in [-0.05, 0) is 48.6 Å². The molecule has 1 aromatic heterocycles. The van der Waals surface area contributed by atoms with Crippen molar-refractivity contribution in [3.05, 3.63) is 57.3 Å². The van der Waals surface area contributed by atoms with Crippen LogP contribution < -0.4 is 4.74 Å². The molecule has 0 radical (unpaired) electrons. The predicted molar refractivity (Wildman–Crippen MR) is 108 cm³/mol. The second-order valence-electron chi connectivity index (χ2n) is 6.54. The zero-order chi connectivity index (χ0) is 20.3. The van der Waals surface area contributed by atoms with Gasteiger partial charge in [0.05, 0.1) is 18.7 Å². The van der Waals surface area contributed by atoms with Gasteiger partial charge in [0.1, 0.15) is 11.5 Å². The van der Waals surface area contributed by atoms with Crippen LogP contribution in [0, 0.1) is 6.92 Å². The molecule has 1 atom stereocenters. The van der Waals surface area contributed by atoms with E-state index in [0.717, 1.165) is 10.4 Å². The van der Waals surface area contributed by atoms with Crippen molar-refractivity contribution in [3.8, 4) is 5.75 Å². The molecule has 1 unspecified atom stereocenters. The number of methoxy groups -OCH3 is 2. The lowest BCUT2D eigenvalue weighted by atomic mass is 9.98. The second kappa shape index (κ2) is 8.58. The highest BCUT2D eigenvalue weighted by Crippen LogP contribution is 2.41. The smallest absolute Gasteiger partial charge is 0.295 e. The molecule has 1 aromatic carbocycles. The summed E-state index contributed by atoms with van der Waals surface area (Å²) in [7, 11) is 3.17. The van der Waals surface area contributed by atoms with E-state index in [2.05, 4.69) is 0 Å². The Morgan fingerprint density at radius 1 is 1.25 bits per heavy atom. The van der Waals surface area contributed by atoms with Gasteiger partial charge in [0.2, 0.25) is 0 Å². The predicted octanol–water partition coefficient (Wildman–Crippen LogP) is 3.52. The maximum atomic E-state index is 12.8. The Morgan fingerprint density at radius 2 is 2.04 bits per heavy atom. The molecule has 0 aliphatic carbocycles. The monoisotopic (exact) mass is 401 g/mol. The Bertz CT molecular complexity index is 904. The average molecular weight is 401 g/mol. The summed E-state index contributed by atoms with van der Waals surface area (Å²) >= 11 is 1.45. The third-order valence-electron chi connectivity index (χ3n) is 4.77. The van der Waals surface area contributed by atoms with Gasteiger partial charge < -0.3 is 19.5 Å². The molecule has 7 heteroatoms. The zero-order valence-corrected chi connectivity index (χ0v) is 16.9. The highest BCUT2D eigenvalue weighted by molar-refractivity contribution is 7.10. The van der Waals surface area contributed by atoms with E-state index >= 15 is 0 Å². The van der Waals surface area contributed by atoms with Crippen molar-refractivity contribution in [2.75, 3.05) is 27.4 Å². The van der Waals surface area contributed by atoms with Crippen molar-refractivity contribution >= 4 is 28.8 Å². The fourth-order valence-electron chi connectivity index (χ4n) is 3.41. The number of ether oxygens (including phenoxy) is 2. The van der Waals surface area contributed by atoms with Crippen molar-refractivity contribution in [2.45, 2.75) is 19.4 Å². The lowest BCUT2D eigenvalue weighted by Crippen LogP contribution is -2.31. The summed E-state index contributed by atoms with van der Waals surface area (Å²) in [6.07, 6.45) is 0.604. The van der Waals surface area contributed by atoms with Crippen molar-refractivity contribution < 1.29 is 24.2 Å².